The Morgan fingerprint density at radius 2 is 1.71 bits per heavy atom. The van der Waals surface area contributed by atoms with Crippen LogP contribution in [0.5, 0.6) is 0 Å². The average molecular weight is 237 g/mol. The molecule has 1 nitrogen and oxygen atoms in total. The summed E-state index contributed by atoms with van der Waals surface area (Å²) in [5.74, 6) is -3.83. The Morgan fingerprint density at radius 1 is 0.941 bits per heavy atom. The number of nitrogens with two attached hydrogens (primary N) is 1. The van der Waals surface area contributed by atoms with Gasteiger partial charge in [-0.25, -0.2) is 13.2 Å². The van der Waals surface area contributed by atoms with Crippen molar-refractivity contribution in [3.8, 4) is 11.1 Å². The number of halogens is 3. The normalized spacial score (nSPS) is 10.6. The summed E-state index contributed by atoms with van der Waals surface area (Å²) in [6.45, 7) is 0.305. The lowest BCUT2D eigenvalue weighted by atomic mass is 10.0. The van der Waals surface area contributed by atoms with E-state index < -0.39 is 17.5 Å². The van der Waals surface area contributed by atoms with Crippen molar-refractivity contribution in [3.63, 3.8) is 0 Å². The molecule has 0 atom stereocenters. The van der Waals surface area contributed by atoms with Crippen molar-refractivity contribution in [1.29, 1.82) is 0 Å². The topological polar surface area (TPSA) is 26.0 Å². The van der Waals surface area contributed by atoms with Gasteiger partial charge in [-0.3, -0.25) is 0 Å². The Bertz CT molecular complexity index is 552. The number of rotatable bonds is 2. The second kappa shape index (κ2) is 4.59. The van der Waals surface area contributed by atoms with E-state index in [9.17, 15) is 13.2 Å². The number of benzene rings is 2. The maximum absolute atomic E-state index is 13.5. The van der Waals surface area contributed by atoms with Crippen LogP contribution >= 0.6 is 0 Å². The highest BCUT2D eigenvalue weighted by Gasteiger charge is 2.14. The first-order chi connectivity index (χ1) is 8.13. The highest BCUT2D eigenvalue weighted by atomic mass is 19.2. The second-order valence-electron chi connectivity index (χ2n) is 3.63. The van der Waals surface area contributed by atoms with E-state index in [-0.39, 0.29) is 5.56 Å². The third kappa shape index (κ3) is 2.17. The van der Waals surface area contributed by atoms with E-state index in [1.54, 1.807) is 24.3 Å². The highest BCUT2D eigenvalue weighted by Crippen LogP contribution is 2.26. The van der Waals surface area contributed by atoms with Gasteiger partial charge in [0.1, 0.15) is 0 Å². The molecule has 0 aromatic heterocycles. The van der Waals surface area contributed by atoms with E-state index in [1.165, 1.54) is 6.07 Å². The summed E-state index contributed by atoms with van der Waals surface area (Å²) in [5, 5.41) is 0. The predicted octanol–water partition coefficient (Wildman–Crippen LogP) is 3.23. The highest BCUT2D eigenvalue weighted by molar-refractivity contribution is 5.65. The maximum Gasteiger partial charge on any atom is 0.195 e. The summed E-state index contributed by atoms with van der Waals surface area (Å²) in [7, 11) is 0. The van der Waals surface area contributed by atoms with Crippen LogP contribution < -0.4 is 5.73 Å². The lowest BCUT2D eigenvalue weighted by Crippen LogP contribution is -1.97. The Hall–Kier alpha value is -1.81. The van der Waals surface area contributed by atoms with Crippen LogP contribution in [0.3, 0.4) is 0 Å². The SMILES string of the molecule is NCc1cccc(-c2ccc(F)c(F)c2F)c1. The third-order valence-corrected chi connectivity index (χ3v) is 2.51. The fourth-order valence-corrected chi connectivity index (χ4v) is 1.61. The number of hydrogen-bond acceptors (Lipinski definition) is 1. The molecule has 2 aromatic rings. The van der Waals surface area contributed by atoms with Gasteiger partial charge in [-0.1, -0.05) is 18.2 Å². The third-order valence-electron chi connectivity index (χ3n) is 2.51. The summed E-state index contributed by atoms with van der Waals surface area (Å²) < 4.78 is 39.4. The van der Waals surface area contributed by atoms with Gasteiger partial charge in [-0.2, -0.15) is 0 Å². The molecule has 0 heterocycles. The van der Waals surface area contributed by atoms with Gasteiger partial charge < -0.3 is 5.73 Å². The predicted molar refractivity (Wildman–Crippen MR) is 59.6 cm³/mol. The monoisotopic (exact) mass is 237 g/mol. The van der Waals surface area contributed by atoms with E-state index in [1.807, 2.05) is 0 Å². The van der Waals surface area contributed by atoms with Crippen LogP contribution in [0.15, 0.2) is 36.4 Å². The molecule has 0 aliphatic heterocycles. The fourth-order valence-electron chi connectivity index (χ4n) is 1.61. The minimum Gasteiger partial charge on any atom is -0.326 e. The van der Waals surface area contributed by atoms with Gasteiger partial charge in [0, 0.05) is 12.1 Å². The number of hydrogen-bond donors (Lipinski definition) is 1. The summed E-state index contributed by atoms with van der Waals surface area (Å²) in [6, 6.07) is 8.86. The van der Waals surface area contributed by atoms with E-state index in [4.69, 9.17) is 5.73 Å². The molecule has 0 bridgehead atoms. The van der Waals surface area contributed by atoms with Crippen LogP contribution in [-0.2, 0) is 6.54 Å². The first-order valence-corrected chi connectivity index (χ1v) is 5.06. The molecule has 0 amide bonds. The van der Waals surface area contributed by atoms with Crippen molar-refractivity contribution in [2.45, 2.75) is 6.54 Å². The van der Waals surface area contributed by atoms with Crippen molar-refractivity contribution >= 4 is 0 Å². The molecule has 4 heteroatoms. The summed E-state index contributed by atoms with van der Waals surface area (Å²) in [5.41, 5.74) is 6.76. The smallest absolute Gasteiger partial charge is 0.195 e. The van der Waals surface area contributed by atoms with Crippen molar-refractivity contribution in [1.82, 2.24) is 0 Å². The van der Waals surface area contributed by atoms with E-state index in [0.717, 1.165) is 11.6 Å². The lowest BCUT2D eigenvalue weighted by molar-refractivity contribution is 0.449. The molecular weight excluding hydrogens is 227 g/mol. The van der Waals surface area contributed by atoms with Crippen molar-refractivity contribution in [3.05, 3.63) is 59.4 Å². The first kappa shape index (κ1) is 11.7. The van der Waals surface area contributed by atoms with Gasteiger partial charge in [0.15, 0.2) is 17.5 Å². The Morgan fingerprint density at radius 3 is 2.41 bits per heavy atom. The molecule has 17 heavy (non-hydrogen) atoms. The molecule has 0 fully saturated rings. The van der Waals surface area contributed by atoms with Gasteiger partial charge >= 0.3 is 0 Å². The van der Waals surface area contributed by atoms with Crippen LogP contribution in [0.25, 0.3) is 11.1 Å². The van der Waals surface area contributed by atoms with Crippen LogP contribution in [0.1, 0.15) is 5.56 Å². The molecule has 0 aliphatic rings. The van der Waals surface area contributed by atoms with Gasteiger partial charge in [-0.15, -0.1) is 0 Å². The van der Waals surface area contributed by atoms with E-state index >= 15 is 0 Å². The van der Waals surface area contributed by atoms with E-state index in [0.29, 0.717) is 12.1 Å². The molecular formula is C13H10F3N. The minimum absolute atomic E-state index is 0.0270. The molecule has 2 rings (SSSR count). The molecule has 0 saturated heterocycles. The quantitative estimate of drug-likeness (QED) is 0.797. The first-order valence-electron chi connectivity index (χ1n) is 5.06. The maximum atomic E-state index is 13.5. The van der Waals surface area contributed by atoms with Crippen molar-refractivity contribution in [2.24, 2.45) is 5.73 Å². The standard InChI is InChI=1S/C13H10F3N/c14-11-5-4-10(12(15)13(11)16)9-3-1-2-8(6-9)7-17/h1-6H,7,17H2. The molecule has 2 N–H and O–H groups in total. The van der Waals surface area contributed by atoms with Crippen LogP contribution in [0, 0.1) is 17.5 Å². The van der Waals surface area contributed by atoms with Gasteiger partial charge in [0.05, 0.1) is 0 Å². The zero-order valence-electron chi connectivity index (χ0n) is 8.88. The Balaban J connectivity index is 2.56. The average Bonchev–Trinajstić information content (AvgIpc) is 2.36. The van der Waals surface area contributed by atoms with Crippen molar-refractivity contribution < 1.29 is 13.2 Å². The van der Waals surface area contributed by atoms with Crippen LogP contribution in [0.2, 0.25) is 0 Å². The largest absolute Gasteiger partial charge is 0.326 e. The summed E-state index contributed by atoms with van der Waals surface area (Å²) >= 11 is 0. The zero-order valence-corrected chi connectivity index (χ0v) is 8.88. The Labute approximate surface area is 96.7 Å². The molecule has 2 aromatic carbocycles. The van der Waals surface area contributed by atoms with Crippen LogP contribution in [0.4, 0.5) is 13.2 Å². The molecule has 88 valence electrons. The zero-order chi connectivity index (χ0) is 12.4. The Kier molecular flexibility index (Phi) is 3.15. The van der Waals surface area contributed by atoms with Gasteiger partial charge in [-0.05, 0) is 29.3 Å². The summed E-state index contributed by atoms with van der Waals surface area (Å²) in [4.78, 5) is 0. The van der Waals surface area contributed by atoms with Gasteiger partial charge in [0.2, 0.25) is 0 Å². The lowest BCUT2D eigenvalue weighted by Gasteiger charge is -2.06. The fraction of sp³-hybridized carbons (Fsp3) is 0.0769. The van der Waals surface area contributed by atoms with Gasteiger partial charge in [0.25, 0.3) is 0 Å². The minimum atomic E-state index is -1.46. The molecule has 0 aliphatic carbocycles. The molecule has 0 saturated carbocycles. The second-order valence-corrected chi connectivity index (χ2v) is 3.63. The summed E-state index contributed by atoms with van der Waals surface area (Å²) in [6.07, 6.45) is 0. The van der Waals surface area contributed by atoms with Crippen molar-refractivity contribution in [2.75, 3.05) is 0 Å². The van der Waals surface area contributed by atoms with E-state index in [2.05, 4.69) is 0 Å². The van der Waals surface area contributed by atoms with Crippen LogP contribution in [-0.4, -0.2) is 0 Å². The molecule has 0 unspecified atom stereocenters. The molecule has 0 radical (unpaired) electrons. The molecule has 0 spiro atoms.